The topological polar surface area (TPSA) is 99.7 Å². The molecule has 0 spiro atoms. The van der Waals surface area contributed by atoms with Crippen molar-refractivity contribution < 1.29 is 37.1 Å². The number of rotatable bonds is 10. The van der Waals surface area contributed by atoms with Crippen LogP contribution in [-0.2, 0) is 10.7 Å². The molecular formula is C30H29F4N3O4. The maximum absolute atomic E-state index is 14.5. The maximum atomic E-state index is 14.5. The number of anilines is 1. The number of carbonyl (C=O) groups is 2. The van der Waals surface area contributed by atoms with E-state index in [-0.39, 0.29) is 33.8 Å². The van der Waals surface area contributed by atoms with E-state index in [1.54, 1.807) is 31.5 Å². The fourth-order valence-electron chi connectivity index (χ4n) is 4.59. The summed E-state index contributed by atoms with van der Waals surface area (Å²) < 4.78 is 60.0. The first-order valence-electron chi connectivity index (χ1n) is 12.8. The number of aryl methyl sites for hydroxylation is 2. The molecule has 0 unspecified atom stereocenters. The van der Waals surface area contributed by atoms with E-state index in [9.17, 15) is 32.4 Å². The van der Waals surface area contributed by atoms with E-state index in [1.807, 2.05) is 6.07 Å². The minimum atomic E-state index is -3.08. The van der Waals surface area contributed by atoms with Crippen LogP contribution >= 0.6 is 0 Å². The average molecular weight is 572 g/mol. The number of halogens is 4. The Labute approximate surface area is 234 Å². The highest BCUT2D eigenvalue weighted by Gasteiger charge is 2.48. The van der Waals surface area contributed by atoms with Crippen molar-refractivity contribution in [3.05, 3.63) is 94.3 Å². The van der Waals surface area contributed by atoms with Gasteiger partial charge in [-0.15, -0.1) is 0 Å². The summed E-state index contributed by atoms with van der Waals surface area (Å²) in [6.45, 7) is 1.86. The summed E-state index contributed by atoms with van der Waals surface area (Å²) in [7, 11) is 0. The summed E-state index contributed by atoms with van der Waals surface area (Å²) in [5.74, 6) is -5.47. The largest absolute Gasteiger partial charge is 0.434 e. The highest BCUT2D eigenvalue weighted by molar-refractivity contribution is 6.05. The lowest BCUT2D eigenvalue weighted by Crippen LogP contribution is -2.31. The highest BCUT2D eigenvalue weighted by atomic mass is 19.3. The molecule has 0 bridgehead atoms. The Morgan fingerprint density at radius 2 is 1.66 bits per heavy atom. The van der Waals surface area contributed by atoms with Gasteiger partial charge in [0.25, 0.3) is 17.7 Å². The zero-order valence-corrected chi connectivity index (χ0v) is 22.5. The first kappa shape index (κ1) is 29.6. The van der Waals surface area contributed by atoms with Crippen molar-refractivity contribution in [2.24, 2.45) is 5.92 Å². The van der Waals surface area contributed by atoms with E-state index in [0.29, 0.717) is 18.4 Å². The second-order valence-electron chi connectivity index (χ2n) is 9.85. The summed E-state index contributed by atoms with van der Waals surface area (Å²) in [6.07, 6.45) is 0.857. The SMILES string of the molecule is C/C(NC(=O)c1ccc(OC(F)F)c(-c2c(C)cccc2C)c1)=C(/NO)C(=O)Nc1cccc(C(F)(F)C2CC2)c1. The molecule has 2 amide bonds. The van der Waals surface area contributed by atoms with Crippen molar-refractivity contribution in [2.45, 2.75) is 46.1 Å². The smallest absolute Gasteiger partial charge is 0.387 e. The molecule has 0 aromatic heterocycles. The normalized spacial score (nSPS) is 13.9. The van der Waals surface area contributed by atoms with Gasteiger partial charge in [-0.2, -0.15) is 8.78 Å². The molecule has 7 nitrogen and oxygen atoms in total. The average Bonchev–Trinajstić information content (AvgIpc) is 3.76. The number of amides is 2. The monoisotopic (exact) mass is 571 g/mol. The van der Waals surface area contributed by atoms with E-state index in [4.69, 9.17) is 4.74 Å². The van der Waals surface area contributed by atoms with Gasteiger partial charge in [0.15, 0.2) is 0 Å². The van der Waals surface area contributed by atoms with Gasteiger partial charge in [-0.1, -0.05) is 30.3 Å². The Hall–Kier alpha value is -4.38. The van der Waals surface area contributed by atoms with Crippen LogP contribution in [0.3, 0.4) is 0 Å². The van der Waals surface area contributed by atoms with E-state index >= 15 is 0 Å². The Morgan fingerprint density at radius 1 is 1.00 bits per heavy atom. The highest BCUT2D eigenvalue weighted by Crippen LogP contribution is 2.50. The number of carbonyl (C=O) groups excluding carboxylic acids is 2. The zero-order chi connectivity index (χ0) is 29.9. The fraction of sp³-hybridized carbons (Fsp3) is 0.267. The van der Waals surface area contributed by atoms with Crippen LogP contribution in [0.4, 0.5) is 23.2 Å². The van der Waals surface area contributed by atoms with Crippen LogP contribution in [0.5, 0.6) is 5.75 Å². The third-order valence-corrected chi connectivity index (χ3v) is 6.82. The molecule has 41 heavy (non-hydrogen) atoms. The van der Waals surface area contributed by atoms with Crippen LogP contribution < -0.4 is 20.9 Å². The Balaban J connectivity index is 1.58. The molecule has 4 rings (SSSR count). The molecule has 0 atom stereocenters. The van der Waals surface area contributed by atoms with Crippen molar-refractivity contribution in [3.63, 3.8) is 0 Å². The first-order valence-corrected chi connectivity index (χ1v) is 12.8. The van der Waals surface area contributed by atoms with Crippen LogP contribution in [0.15, 0.2) is 72.1 Å². The van der Waals surface area contributed by atoms with Gasteiger partial charge < -0.3 is 15.4 Å². The molecule has 0 saturated heterocycles. The zero-order valence-electron chi connectivity index (χ0n) is 22.5. The maximum Gasteiger partial charge on any atom is 0.387 e. The van der Waals surface area contributed by atoms with Gasteiger partial charge in [-0.25, -0.2) is 8.78 Å². The van der Waals surface area contributed by atoms with E-state index in [1.165, 1.54) is 43.3 Å². The van der Waals surface area contributed by atoms with Crippen LogP contribution in [0.1, 0.15) is 46.8 Å². The van der Waals surface area contributed by atoms with Gasteiger partial charge in [-0.3, -0.25) is 20.3 Å². The summed E-state index contributed by atoms with van der Waals surface area (Å²) in [5, 5.41) is 14.6. The molecule has 0 aliphatic heterocycles. The summed E-state index contributed by atoms with van der Waals surface area (Å²) in [6, 6.07) is 14.6. The van der Waals surface area contributed by atoms with Gasteiger partial charge in [0.2, 0.25) is 0 Å². The summed E-state index contributed by atoms with van der Waals surface area (Å²) >= 11 is 0. The molecule has 4 N–H and O–H groups in total. The van der Waals surface area contributed by atoms with Gasteiger partial charge in [0, 0.05) is 34.0 Å². The molecule has 1 saturated carbocycles. The molecule has 0 radical (unpaired) electrons. The van der Waals surface area contributed by atoms with Gasteiger partial charge in [-0.05, 0) is 80.6 Å². The molecule has 216 valence electrons. The summed E-state index contributed by atoms with van der Waals surface area (Å²) in [5.41, 5.74) is 3.57. The minimum Gasteiger partial charge on any atom is -0.434 e. The predicted octanol–water partition coefficient (Wildman–Crippen LogP) is 6.65. The number of allylic oxidation sites excluding steroid dienone is 1. The second kappa shape index (κ2) is 12.0. The Bertz CT molecular complexity index is 1480. The molecule has 3 aromatic rings. The second-order valence-corrected chi connectivity index (χ2v) is 9.85. The first-order chi connectivity index (χ1) is 19.4. The van der Waals surface area contributed by atoms with Crippen molar-refractivity contribution in [1.82, 2.24) is 10.8 Å². The quantitative estimate of drug-likeness (QED) is 0.124. The van der Waals surface area contributed by atoms with Crippen molar-refractivity contribution in [1.29, 1.82) is 0 Å². The lowest BCUT2D eigenvalue weighted by atomic mass is 9.93. The number of ether oxygens (including phenoxy) is 1. The van der Waals surface area contributed by atoms with Gasteiger partial charge >= 0.3 is 6.61 Å². The van der Waals surface area contributed by atoms with E-state index < -0.39 is 36.0 Å². The Kier molecular flexibility index (Phi) is 8.67. The third-order valence-electron chi connectivity index (χ3n) is 6.82. The molecule has 0 heterocycles. The van der Waals surface area contributed by atoms with Crippen LogP contribution in [0, 0.1) is 19.8 Å². The van der Waals surface area contributed by atoms with Crippen LogP contribution in [0.25, 0.3) is 11.1 Å². The van der Waals surface area contributed by atoms with E-state index in [0.717, 1.165) is 17.2 Å². The van der Waals surface area contributed by atoms with Crippen LogP contribution in [-0.4, -0.2) is 23.6 Å². The molecule has 11 heteroatoms. The minimum absolute atomic E-state index is 0.0660. The van der Waals surface area contributed by atoms with Crippen molar-refractivity contribution in [2.75, 3.05) is 5.32 Å². The molecule has 1 fully saturated rings. The van der Waals surface area contributed by atoms with Crippen molar-refractivity contribution >= 4 is 17.5 Å². The standard InChI is InChI=1S/C30H29F4N3O4/c1-16-6-4-7-17(2)25(16)23-14-19(10-13-24(23)41-29(31)32)27(38)35-18(3)26(37-40)28(39)36-22-9-5-8-21(15-22)30(33,34)20-11-12-20/h4-10,13-15,20,29,37,40H,11-12H2,1-3H3,(H,35,38)(H,36,39)/b26-18-. The number of hydrogen-bond acceptors (Lipinski definition) is 5. The van der Waals surface area contributed by atoms with Crippen LogP contribution in [0.2, 0.25) is 0 Å². The van der Waals surface area contributed by atoms with Gasteiger partial charge in [0.1, 0.15) is 11.4 Å². The lowest BCUT2D eigenvalue weighted by molar-refractivity contribution is -0.114. The van der Waals surface area contributed by atoms with Gasteiger partial charge in [0.05, 0.1) is 0 Å². The number of hydroxylamine groups is 1. The number of alkyl halides is 4. The molecular weight excluding hydrogens is 542 g/mol. The number of benzene rings is 3. The Morgan fingerprint density at radius 3 is 2.27 bits per heavy atom. The summed E-state index contributed by atoms with van der Waals surface area (Å²) in [4.78, 5) is 26.0. The predicted molar refractivity (Wildman–Crippen MR) is 145 cm³/mol. The van der Waals surface area contributed by atoms with Crippen molar-refractivity contribution in [3.8, 4) is 16.9 Å². The number of nitrogens with one attached hydrogen (secondary N) is 3. The molecule has 1 aliphatic carbocycles. The lowest BCUT2D eigenvalue weighted by Gasteiger charge is -2.18. The molecule has 1 aliphatic rings. The molecule has 3 aromatic carbocycles. The third kappa shape index (κ3) is 6.68. The number of hydrogen-bond donors (Lipinski definition) is 4. The fourth-order valence-corrected chi connectivity index (χ4v) is 4.59. The van der Waals surface area contributed by atoms with E-state index in [2.05, 4.69) is 10.6 Å².